The highest BCUT2D eigenvalue weighted by Gasteiger charge is 2.31. The molecule has 0 saturated carbocycles. The van der Waals surface area contributed by atoms with Gasteiger partial charge in [-0.3, -0.25) is 9.69 Å². The van der Waals surface area contributed by atoms with Crippen LogP contribution in [0.3, 0.4) is 0 Å². The highest BCUT2D eigenvalue weighted by atomic mass is 32.2. The van der Waals surface area contributed by atoms with E-state index in [9.17, 15) is 13.2 Å². The average molecular weight is 482 g/mol. The summed E-state index contributed by atoms with van der Waals surface area (Å²) in [6, 6.07) is 4.71. The minimum atomic E-state index is -3.60. The van der Waals surface area contributed by atoms with Crippen molar-refractivity contribution in [2.24, 2.45) is 5.92 Å². The van der Waals surface area contributed by atoms with Crippen molar-refractivity contribution in [1.82, 2.24) is 9.21 Å². The van der Waals surface area contributed by atoms with Crippen LogP contribution in [0.2, 0.25) is 0 Å². The van der Waals surface area contributed by atoms with E-state index in [0.29, 0.717) is 50.3 Å². The van der Waals surface area contributed by atoms with Crippen LogP contribution in [0.1, 0.15) is 39.0 Å². The number of benzene rings is 1. The SMILES string of the molecule is CCOc1ccc(S(=O)(=O)N2CCCCC2)cc1NC(=O)CN1CCC(C2OCCO2)CC1. The van der Waals surface area contributed by atoms with Gasteiger partial charge in [-0.2, -0.15) is 4.31 Å². The Labute approximate surface area is 196 Å². The van der Waals surface area contributed by atoms with Gasteiger partial charge in [0.25, 0.3) is 0 Å². The van der Waals surface area contributed by atoms with Crippen LogP contribution in [-0.4, -0.2) is 82.4 Å². The van der Waals surface area contributed by atoms with Gasteiger partial charge in [0.1, 0.15) is 5.75 Å². The van der Waals surface area contributed by atoms with Crippen LogP contribution in [0.4, 0.5) is 5.69 Å². The predicted octanol–water partition coefficient (Wildman–Crippen LogP) is 2.28. The van der Waals surface area contributed by atoms with Crippen molar-refractivity contribution in [3.8, 4) is 5.75 Å². The van der Waals surface area contributed by atoms with Crippen molar-refractivity contribution in [3.05, 3.63) is 18.2 Å². The minimum Gasteiger partial charge on any atom is -0.492 e. The molecule has 33 heavy (non-hydrogen) atoms. The summed E-state index contributed by atoms with van der Waals surface area (Å²) in [5.74, 6) is 0.654. The molecule has 184 valence electrons. The molecule has 3 heterocycles. The van der Waals surface area contributed by atoms with Gasteiger partial charge in [0, 0.05) is 19.0 Å². The fourth-order valence-electron chi connectivity index (χ4n) is 4.73. The maximum Gasteiger partial charge on any atom is 0.243 e. The fourth-order valence-corrected chi connectivity index (χ4v) is 6.27. The van der Waals surface area contributed by atoms with Crippen molar-refractivity contribution in [1.29, 1.82) is 0 Å². The lowest BCUT2D eigenvalue weighted by Gasteiger charge is -2.33. The molecular weight excluding hydrogens is 446 g/mol. The lowest BCUT2D eigenvalue weighted by atomic mass is 9.96. The second kappa shape index (κ2) is 11.1. The minimum absolute atomic E-state index is 0.112. The third-order valence-electron chi connectivity index (χ3n) is 6.51. The lowest BCUT2D eigenvalue weighted by molar-refractivity contribution is -0.119. The molecule has 1 aromatic rings. The monoisotopic (exact) mass is 481 g/mol. The molecule has 0 spiro atoms. The molecule has 9 nitrogen and oxygen atoms in total. The highest BCUT2D eigenvalue weighted by Crippen LogP contribution is 2.31. The number of rotatable bonds is 8. The maximum atomic E-state index is 13.1. The first-order valence-corrected chi connectivity index (χ1v) is 13.4. The molecule has 0 unspecified atom stereocenters. The number of amides is 1. The van der Waals surface area contributed by atoms with E-state index >= 15 is 0 Å². The van der Waals surface area contributed by atoms with Crippen LogP contribution >= 0.6 is 0 Å². The zero-order chi connectivity index (χ0) is 23.3. The number of nitrogens with one attached hydrogen (secondary N) is 1. The Balaban J connectivity index is 1.39. The van der Waals surface area contributed by atoms with E-state index in [4.69, 9.17) is 14.2 Å². The number of anilines is 1. The largest absolute Gasteiger partial charge is 0.492 e. The number of hydrogen-bond acceptors (Lipinski definition) is 7. The normalized spacial score (nSPS) is 21.8. The lowest BCUT2D eigenvalue weighted by Crippen LogP contribution is -2.41. The van der Waals surface area contributed by atoms with Gasteiger partial charge in [-0.15, -0.1) is 0 Å². The Morgan fingerprint density at radius 3 is 2.45 bits per heavy atom. The quantitative estimate of drug-likeness (QED) is 0.608. The van der Waals surface area contributed by atoms with Gasteiger partial charge in [-0.1, -0.05) is 6.42 Å². The molecule has 1 aromatic carbocycles. The van der Waals surface area contributed by atoms with Crippen molar-refractivity contribution < 1.29 is 27.4 Å². The first kappa shape index (κ1) is 24.4. The number of likely N-dealkylation sites (tertiary alicyclic amines) is 1. The van der Waals surface area contributed by atoms with E-state index in [1.165, 1.54) is 10.4 Å². The second-order valence-corrected chi connectivity index (χ2v) is 10.8. The fraction of sp³-hybridized carbons (Fsp3) is 0.696. The molecule has 0 bridgehead atoms. The van der Waals surface area contributed by atoms with Crippen molar-refractivity contribution in [3.63, 3.8) is 0 Å². The van der Waals surface area contributed by atoms with E-state index in [2.05, 4.69) is 10.2 Å². The van der Waals surface area contributed by atoms with Gasteiger partial charge in [0.15, 0.2) is 6.29 Å². The summed E-state index contributed by atoms with van der Waals surface area (Å²) in [6.07, 6.45) is 4.52. The van der Waals surface area contributed by atoms with Gasteiger partial charge in [0.2, 0.25) is 15.9 Å². The summed E-state index contributed by atoms with van der Waals surface area (Å²) in [4.78, 5) is 15.1. The molecule has 0 aliphatic carbocycles. The molecule has 4 rings (SSSR count). The van der Waals surface area contributed by atoms with E-state index in [0.717, 1.165) is 45.2 Å². The molecule has 1 N–H and O–H groups in total. The number of carbonyl (C=O) groups is 1. The van der Waals surface area contributed by atoms with E-state index in [1.54, 1.807) is 12.1 Å². The number of piperidine rings is 2. The molecule has 0 radical (unpaired) electrons. The third-order valence-corrected chi connectivity index (χ3v) is 8.40. The Morgan fingerprint density at radius 1 is 1.09 bits per heavy atom. The Morgan fingerprint density at radius 2 is 1.79 bits per heavy atom. The number of carbonyl (C=O) groups excluding carboxylic acids is 1. The summed E-state index contributed by atoms with van der Waals surface area (Å²) in [5.41, 5.74) is 0.391. The molecular formula is C23H35N3O6S. The summed E-state index contributed by atoms with van der Waals surface area (Å²) >= 11 is 0. The standard InChI is InChI=1S/C23H35N3O6S/c1-2-30-21-7-6-19(33(28,29)26-10-4-3-5-11-26)16-20(21)24-22(27)17-25-12-8-18(9-13-25)23-31-14-15-32-23/h6-7,16,18,23H,2-5,8-15,17H2,1H3,(H,24,27). The van der Waals surface area contributed by atoms with E-state index < -0.39 is 10.0 Å². The summed E-state index contributed by atoms with van der Waals surface area (Å²) in [6.45, 7) is 6.48. The molecule has 3 saturated heterocycles. The molecule has 3 aliphatic heterocycles. The van der Waals surface area contributed by atoms with Crippen LogP contribution in [0, 0.1) is 5.92 Å². The van der Waals surface area contributed by atoms with Gasteiger partial charge in [-0.25, -0.2) is 8.42 Å². The molecule has 0 atom stereocenters. The molecule has 1 amide bonds. The molecule has 10 heteroatoms. The first-order chi connectivity index (χ1) is 16.0. The Hall–Kier alpha value is -1.72. The summed E-state index contributed by atoms with van der Waals surface area (Å²) in [7, 11) is -3.60. The topological polar surface area (TPSA) is 97.4 Å². The van der Waals surface area contributed by atoms with E-state index in [-0.39, 0.29) is 23.6 Å². The Kier molecular flexibility index (Phi) is 8.24. The number of ether oxygens (including phenoxy) is 3. The summed E-state index contributed by atoms with van der Waals surface area (Å²) in [5, 5.41) is 2.89. The molecule has 3 aliphatic rings. The van der Waals surface area contributed by atoms with Crippen molar-refractivity contribution in [2.75, 3.05) is 57.9 Å². The predicted molar refractivity (Wildman–Crippen MR) is 124 cm³/mol. The zero-order valence-corrected chi connectivity index (χ0v) is 20.1. The maximum absolute atomic E-state index is 13.1. The van der Waals surface area contributed by atoms with Gasteiger partial charge >= 0.3 is 0 Å². The average Bonchev–Trinajstić information content (AvgIpc) is 3.36. The van der Waals surface area contributed by atoms with Gasteiger partial charge < -0.3 is 19.5 Å². The van der Waals surface area contributed by atoms with Crippen LogP contribution in [-0.2, 0) is 24.3 Å². The second-order valence-electron chi connectivity index (χ2n) is 8.83. The molecule has 3 fully saturated rings. The first-order valence-electron chi connectivity index (χ1n) is 12.0. The van der Waals surface area contributed by atoms with Crippen LogP contribution in [0.15, 0.2) is 23.1 Å². The van der Waals surface area contributed by atoms with Gasteiger partial charge in [-0.05, 0) is 63.9 Å². The zero-order valence-electron chi connectivity index (χ0n) is 19.3. The highest BCUT2D eigenvalue weighted by molar-refractivity contribution is 7.89. The third kappa shape index (κ3) is 6.05. The van der Waals surface area contributed by atoms with Crippen molar-refractivity contribution >= 4 is 21.6 Å². The van der Waals surface area contributed by atoms with Crippen LogP contribution in [0.5, 0.6) is 5.75 Å². The number of hydrogen-bond donors (Lipinski definition) is 1. The number of sulfonamides is 1. The van der Waals surface area contributed by atoms with Crippen LogP contribution in [0.25, 0.3) is 0 Å². The summed E-state index contributed by atoms with van der Waals surface area (Å²) < 4.78 is 44.6. The Bertz CT molecular complexity index is 905. The molecule has 0 aromatic heterocycles. The smallest absolute Gasteiger partial charge is 0.243 e. The van der Waals surface area contributed by atoms with E-state index in [1.807, 2.05) is 6.92 Å². The van der Waals surface area contributed by atoms with Crippen LogP contribution < -0.4 is 10.1 Å². The van der Waals surface area contributed by atoms with Gasteiger partial charge in [0.05, 0.1) is 36.9 Å². The number of nitrogens with zero attached hydrogens (tertiary/aromatic N) is 2. The van der Waals surface area contributed by atoms with Crippen molar-refractivity contribution in [2.45, 2.75) is 50.2 Å².